The zero-order chi connectivity index (χ0) is 21.0. The Bertz CT molecular complexity index is 1140. The van der Waals surface area contributed by atoms with Crippen molar-refractivity contribution in [1.29, 1.82) is 0 Å². The number of halogens is 3. The number of rotatable bonds is 3. The van der Waals surface area contributed by atoms with Gasteiger partial charge in [-0.05, 0) is 49.4 Å². The lowest BCUT2D eigenvalue weighted by Crippen LogP contribution is -2.49. The van der Waals surface area contributed by atoms with Crippen LogP contribution in [-0.2, 0) is 0 Å². The fourth-order valence-corrected chi connectivity index (χ4v) is 4.60. The third-order valence-corrected chi connectivity index (χ3v) is 6.11. The van der Waals surface area contributed by atoms with E-state index in [1.54, 1.807) is 25.1 Å². The standard InChI is InChI=1S/C21H20ClF2N5O/c1-12-6-18(29-20(27-12)25-11-26-29)15-8-21(23,24)10-28(9-15)19(30)14-4-5-16(13-2-3-13)17(22)7-14/h4-7,11,13,15H,2-3,8-10H2,1H3. The van der Waals surface area contributed by atoms with E-state index in [0.29, 0.717) is 33.7 Å². The molecule has 1 aliphatic carbocycles. The Balaban J connectivity index is 1.46. The van der Waals surface area contributed by atoms with Crippen LogP contribution in [0.4, 0.5) is 8.78 Å². The second-order valence-electron chi connectivity index (χ2n) is 8.25. The fraction of sp³-hybridized carbons (Fsp3) is 0.429. The van der Waals surface area contributed by atoms with Gasteiger partial charge < -0.3 is 4.90 Å². The van der Waals surface area contributed by atoms with Crippen LogP contribution in [0, 0.1) is 6.92 Å². The van der Waals surface area contributed by atoms with Gasteiger partial charge in [0.2, 0.25) is 0 Å². The van der Waals surface area contributed by atoms with E-state index >= 15 is 0 Å². The van der Waals surface area contributed by atoms with Crippen LogP contribution >= 0.6 is 11.6 Å². The molecule has 9 heteroatoms. The maximum atomic E-state index is 14.7. The van der Waals surface area contributed by atoms with Crippen molar-refractivity contribution in [2.24, 2.45) is 0 Å². The molecule has 1 amide bonds. The molecule has 156 valence electrons. The first-order chi connectivity index (χ1) is 14.3. The highest BCUT2D eigenvalue weighted by Crippen LogP contribution is 2.43. The van der Waals surface area contributed by atoms with Crippen molar-refractivity contribution in [2.45, 2.75) is 43.9 Å². The summed E-state index contributed by atoms with van der Waals surface area (Å²) in [5.74, 6) is -3.24. The number of hydrogen-bond acceptors (Lipinski definition) is 4. The predicted molar refractivity (Wildman–Crippen MR) is 107 cm³/mol. The minimum atomic E-state index is -3.01. The summed E-state index contributed by atoms with van der Waals surface area (Å²) in [6.45, 7) is 1.33. The van der Waals surface area contributed by atoms with Crippen LogP contribution < -0.4 is 0 Å². The van der Waals surface area contributed by atoms with Gasteiger partial charge in [0.05, 0.1) is 12.2 Å². The number of carbonyl (C=O) groups excluding carboxylic acids is 1. The molecule has 1 atom stereocenters. The molecule has 2 aliphatic rings. The number of amides is 1. The minimum absolute atomic E-state index is 0.162. The lowest BCUT2D eigenvalue weighted by atomic mass is 9.91. The van der Waals surface area contributed by atoms with Crippen molar-refractivity contribution >= 4 is 23.3 Å². The molecule has 1 unspecified atom stereocenters. The van der Waals surface area contributed by atoms with Crippen molar-refractivity contribution in [1.82, 2.24) is 24.5 Å². The number of benzene rings is 1. The first-order valence-corrected chi connectivity index (χ1v) is 10.3. The third-order valence-electron chi connectivity index (χ3n) is 5.79. The molecule has 3 aromatic rings. The fourth-order valence-electron chi connectivity index (χ4n) is 4.27. The zero-order valence-corrected chi connectivity index (χ0v) is 17.1. The Morgan fingerprint density at radius 1 is 1.23 bits per heavy atom. The van der Waals surface area contributed by atoms with Gasteiger partial charge in [-0.25, -0.2) is 18.3 Å². The molecular weight excluding hydrogens is 412 g/mol. The topological polar surface area (TPSA) is 63.4 Å². The van der Waals surface area contributed by atoms with Crippen LogP contribution in [0.1, 0.15) is 58.4 Å². The van der Waals surface area contributed by atoms with E-state index in [4.69, 9.17) is 11.6 Å². The van der Waals surface area contributed by atoms with E-state index in [9.17, 15) is 13.6 Å². The zero-order valence-electron chi connectivity index (χ0n) is 16.4. The van der Waals surface area contributed by atoms with Gasteiger partial charge in [0.25, 0.3) is 17.6 Å². The van der Waals surface area contributed by atoms with Gasteiger partial charge in [0.1, 0.15) is 6.33 Å². The number of aromatic nitrogens is 4. The van der Waals surface area contributed by atoms with Gasteiger partial charge in [-0.1, -0.05) is 17.7 Å². The summed E-state index contributed by atoms with van der Waals surface area (Å²) in [4.78, 5) is 22.6. The maximum absolute atomic E-state index is 14.7. The number of hydrogen-bond donors (Lipinski definition) is 0. The smallest absolute Gasteiger partial charge is 0.266 e. The normalized spacial score (nSPS) is 21.2. The quantitative estimate of drug-likeness (QED) is 0.622. The summed E-state index contributed by atoms with van der Waals surface area (Å²) in [7, 11) is 0. The summed E-state index contributed by atoms with van der Waals surface area (Å²) in [5.41, 5.74) is 2.60. The van der Waals surface area contributed by atoms with Crippen molar-refractivity contribution in [3.8, 4) is 0 Å². The molecule has 30 heavy (non-hydrogen) atoms. The average molecular weight is 432 g/mol. The molecular formula is C21H20ClF2N5O. The van der Waals surface area contributed by atoms with Crippen molar-refractivity contribution in [2.75, 3.05) is 13.1 Å². The number of carbonyl (C=O) groups is 1. The summed E-state index contributed by atoms with van der Waals surface area (Å²) in [6.07, 6.45) is 3.17. The molecule has 1 aromatic carbocycles. The van der Waals surface area contributed by atoms with Gasteiger partial charge >= 0.3 is 0 Å². The van der Waals surface area contributed by atoms with Crippen molar-refractivity contribution in [3.63, 3.8) is 0 Å². The Labute approximate surface area is 176 Å². The minimum Gasteiger partial charge on any atom is -0.332 e. The largest absolute Gasteiger partial charge is 0.332 e. The van der Waals surface area contributed by atoms with Crippen LogP contribution in [-0.4, -0.2) is 49.4 Å². The number of likely N-dealkylation sites (tertiary alicyclic amines) is 1. The molecule has 2 aromatic heterocycles. The molecule has 6 nitrogen and oxygen atoms in total. The number of fused-ring (bicyclic) bond motifs is 1. The molecule has 2 fully saturated rings. The lowest BCUT2D eigenvalue weighted by Gasteiger charge is -2.37. The van der Waals surface area contributed by atoms with Gasteiger partial charge in [0, 0.05) is 35.2 Å². The highest BCUT2D eigenvalue weighted by Gasteiger charge is 2.43. The van der Waals surface area contributed by atoms with Crippen LogP contribution in [0.3, 0.4) is 0 Å². The number of alkyl halides is 2. The van der Waals surface area contributed by atoms with E-state index in [1.165, 1.54) is 15.7 Å². The highest BCUT2D eigenvalue weighted by atomic mass is 35.5. The predicted octanol–water partition coefficient (Wildman–Crippen LogP) is 4.23. The maximum Gasteiger partial charge on any atom is 0.266 e. The van der Waals surface area contributed by atoms with E-state index < -0.39 is 24.3 Å². The third kappa shape index (κ3) is 3.53. The van der Waals surface area contributed by atoms with E-state index in [1.807, 2.05) is 6.07 Å². The van der Waals surface area contributed by atoms with Crippen LogP contribution in [0.15, 0.2) is 30.6 Å². The van der Waals surface area contributed by atoms with Gasteiger partial charge in [-0.15, -0.1) is 0 Å². The summed E-state index contributed by atoms with van der Waals surface area (Å²) in [6, 6.07) is 6.87. The summed E-state index contributed by atoms with van der Waals surface area (Å²) >= 11 is 6.35. The Hall–Kier alpha value is -2.61. The molecule has 1 saturated carbocycles. The second kappa shape index (κ2) is 6.97. The number of aryl methyl sites for hydroxylation is 1. The molecule has 1 saturated heterocycles. The van der Waals surface area contributed by atoms with E-state index in [2.05, 4.69) is 15.1 Å². The van der Waals surface area contributed by atoms with Gasteiger partial charge in [0.15, 0.2) is 0 Å². The molecule has 0 spiro atoms. The Kier molecular flexibility index (Phi) is 4.50. The monoisotopic (exact) mass is 431 g/mol. The van der Waals surface area contributed by atoms with Gasteiger partial charge in [-0.3, -0.25) is 4.79 Å². The van der Waals surface area contributed by atoms with Gasteiger partial charge in [-0.2, -0.15) is 10.1 Å². The van der Waals surface area contributed by atoms with Crippen LogP contribution in [0.5, 0.6) is 0 Å². The summed E-state index contributed by atoms with van der Waals surface area (Å²) in [5, 5.41) is 4.66. The van der Waals surface area contributed by atoms with E-state index in [-0.39, 0.29) is 13.0 Å². The number of piperidine rings is 1. The van der Waals surface area contributed by atoms with E-state index in [0.717, 1.165) is 18.4 Å². The molecule has 0 radical (unpaired) electrons. The molecule has 3 heterocycles. The summed E-state index contributed by atoms with van der Waals surface area (Å²) < 4.78 is 30.8. The first-order valence-electron chi connectivity index (χ1n) is 9.94. The molecule has 5 rings (SSSR count). The van der Waals surface area contributed by atoms with Crippen LogP contribution in [0.2, 0.25) is 5.02 Å². The highest BCUT2D eigenvalue weighted by molar-refractivity contribution is 6.31. The molecule has 0 bridgehead atoms. The number of nitrogens with zero attached hydrogens (tertiary/aromatic N) is 5. The lowest BCUT2D eigenvalue weighted by molar-refractivity contribution is -0.0641. The van der Waals surface area contributed by atoms with Crippen molar-refractivity contribution < 1.29 is 13.6 Å². The second-order valence-corrected chi connectivity index (χ2v) is 8.65. The Morgan fingerprint density at radius 3 is 2.77 bits per heavy atom. The van der Waals surface area contributed by atoms with Crippen molar-refractivity contribution in [3.05, 3.63) is 58.1 Å². The van der Waals surface area contributed by atoms with Crippen LogP contribution in [0.25, 0.3) is 5.78 Å². The molecule has 1 aliphatic heterocycles. The SMILES string of the molecule is Cc1cc(C2CN(C(=O)c3ccc(C4CC4)c(Cl)c3)CC(F)(F)C2)n2ncnc2n1. The average Bonchev–Trinajstić information content (AvgIpc) is 3.42. The first kappa shape index (κ1) is 19.4. The molecule has 0 N–H and O–H groups in total. The Morgan fingerprint density at radius 2 is 2.03 bits per heavy atom.